The van der Waals surface area contributed by atoms with Crippen molar-refractivity contribution in [2.45, 2.75) is 31.8 Å². The number of methoxy groups -OCH3 is 1. The summed E-state index contributed by atoms with van der Waals surface area (Å²) in [4.78, 5) is 4.26. The summed E-state index contributed by atoms with van der Waals surface area (Å²) in [6.45, 7) is 0.806. The van der Waals surface area contributed by atoms with E-state index in [9.17, 15) is 0 Å². The summed E-state index contributed by atoms with van der Waals surface area (Å²) in [5, 5.41) is 3.41. The standard InChI is InChI=1S/C16H21N3O/c1-17-15-7-3-5-12-9-19(11-14(12)15)10-13-6-4-8-18-16(13)20-2/h4,6,8-9,11,15,17H,3,5,7,10H2,1-2H3. The Labute approximate surface area is 119 Å². The molecule has 106 valence electrons. The van der Waals surface area contributed by atoms with E-state index in [1.54, 1.807) is 13.3 Å². The lowest BCUT2D eigenvalue weighted by Gasteiger charge is -2.21. The molecular weight excluding hydrogens is 250 g/mol. The molecule has 0 aliphatic heterocycles. The Balaban J connectivity index is 1.87. The van der Waals surface area contributed by atoms with E-state index >= 15 is 0 Å². The van der Waals surface area contributed by atoms with E-state index < -0.39 is 0 Å². The van der Waals surface area contributed by atoms with Crippen LogP contribution in [0.3, 0.4) is 0 Å². The number of aromatic nitrogens is 2. The molecule has 0 fully saturated rings. The smallest absolute Gasteiger partial charge is 0.218 e. The maximum absolute atomic E-state index is 5.33. The molecule has 2 aromatic rings. The van der Waals surface area contributed by atoms with Gasteiger partial charge in [-0.15, -0.1) is 0 Å². The molecule has 0 saturated carbocycles. The molecule has 0 amide bonds. The van der Waals surface area contributed by atoms with Crippen LogP contribution in [-0.4, -0.2) is 23.7 Å². The molecule has 0 bridgehead atoms. The van der Waals surface area contributed by atoms with E-state index in [4.69, 9.17) is 4.74 Å². The van der Waals surface area contributed by atoms with Gasteiger partial charge >= 0.3 is 0 Å². The van der Waals surface area contributed by atoms with Crippen molar-refractivity contribution in [3.05, 3.63) is 47.4 Å². The van der Waals surface area contributed by atoms with Crippen molar-refractivity contribution in [3.63, 3.8) is 0 Å². The van der Waals surface area contributed by atoms with E-state index in [0.29, 0.717) is 11.9 Å². The Morgan fingerprint density at radius 2 is 2.35 bits per heavy atom. The van der Waals surface area contributed by atoms with Gasteiger partial charge in [-0.05, 0) is 43.5 Å². The molecule has 0 spiro atoms. The van der Waals surface area contributed by atoms with Gasteiger partial charge in [0.1, 0.15) is 0 Å². The van der Waals surface area contributed by atoms with Crippen LogP contribution < -0.4 is 10.1 Å². The molecule has 0 radical (unpaired) electrons. The summed E-state index contributed by atoms with van der Waals surface area (Å²) in [7, 11) is 3.71. The number of fused-ring (bicyclic) bond motifs is 1. The number of rotatable bonds is 4. The lowest BCUT2D eigenvalue weighted by Crippen LogP contribution is -2.20. The first-order valence-corrected chi connectivity index (χ1v) is 7.15. The number of nitrogens with zero attached hydrogens (tertiary/aromatic N) is 2. The monoisotopic (exact) mass is 271 g/mol. The first kappa shape index (κ1) is 13.2. The van der Waals surface area contributed by atoms with Crippen LogP contribution in [0.4, 0.5) is 0 Å². The summed E-state index contributed by atoms with van der Waals surface area (Å²) in [5.41, 5.74) is 4.03. The minimum absolute atomic E-state index is 0.496. The molecule has 1 N–H and O–H groups in total. The topological polar surface area (TPSA) is 39.1 Å². The van der Waals surface area contributed by atoms with Crippen LogP contribution in [0.15, 0.2) is 30.7 Å². The third-order valence-electron chi connectivity index (χ3n) is 4.06. The van der Waals surface area contributed by atoms with Gasteiger partial charge < -0.3 is 14.6 Å². The van der Waals surface area contributed by atoms with Crippen LogP contribution in [0, 0.1) is 0 Å². The average Bonchev–Trinajstić information content (AvgIpc) is 2.90. The van der Waals surface area contributed by atoms with Crippen molar-refractivity contribution in [2.24, 2.45) is 0 Å². The second kappa shape index (κ2) is 5.67. The average molecular weight is 271 g/mol. The Hall–Kier alpha value is -1.81. The molecule has 1 aliphatic carbocycles. The first-order valence-electron chi connectivity index (χ1n) is 7.15. The number of ether oxygens (including phenoxy) is 1. The van der Waals surface area contributed by atoms with Crippen LogP contribution in [0.25, 0.3) is 0 Å². The van der Waals surface area contributed by atoms with Crippen molar-refractivity contribution in [1.29, 1.82) is 0 Å². The fourth-order valence-corrected chi connectivity index (χ4v) is 3.06. The Morgan fingerprint density at radius 1 is 1.45 bits per heavy atom. The molecule has 3 rings (SSSR count). The normalized spacial score (nSPS) is 17.8. The highest BCUT2D eigenvalue weighted by molar-refractivity contribution is 5.32. The van der Waals surface area contributed by atoms with Crippen LogP contribution in [0.2, 0.25) is 0 Å². The molecule has 0 aromatic carbocycles. The Morgan fingerprint density at radius 3 is 3.15 bits per heavy atom. The van der Waals surface area contributed by atoms with Crippen molar-refractivity contribution in [2.75, 3.05) is 14.2 Å². The molecule has 1 atom stereocenters. The Kier molecular flexibility index (Phi) is 3.74. The zero-order chi connectivity index (χ0) is 13.9. The zero-order valence-corrected chi connectivity index (χ0v) is 12.1. The fraction of sp³-hybridized carbons (Fsp3) is 0.438. The highest BCUT2D eigenvalue weighted by Gasteiger charge is 2.20. The number of hydrogen-bond acceptors (Lipinski definition) is 3. The van der Waals surface area contributed by atoms with E-state index in [2.05, 4.69) is 33.3 Å². The predicted octanol–water partition coefficient (Wildman–Crippen LogP) is 2.54. The molecule has 20 heavy (non-hydrogen) atoms. The summed E-state index contributed by atoms with van der Waals surface area (Å²) >= 11 is 0. The second-order valence-electron chi connectivity index (χ2n) is 5.32. The van der Waals surface area contributed by atoms with Gasteiger partial charge in [-0.2, -0.15) is 0 Å². The van der Waals surface area contributed by atoms with Gasteiger partial charge in [0.05, 0.1) is 13.7 Å². The van der Waals surface area contributed by atoms with E-state index in [-0.39, 0.29) is 0 Å². The second-order valence-corrected chi connectivity index (χ2v) is 5.32. The van der Waals surface area contributed by atoms with Gasteiger partial charge in [0.2, 0.25) is 5.88 Å². The highest BCUT2D eigenvalue weighted by Crippen LogP contribution is 2.30. The number of nitrogens with one attached hydrogen (secondary N) is 1. The van der Waals surface area contributed by atoms with Gasteiger partial charge in [-0.25, -0.2) is 4.98 Å². The van der Waals surface area contributed by atoms with Gasteiger partial charge in [0.15, 0.2) is 0 Å². The molecule has 4 nitrogen and oxygen atoms in total. The third kappa shape index (κ3) is 2.43. The Bertz CT molecular complexity index is 591. The van der Waals surface area contributed by atoms with Crippen molar-refractivity contribution >= 4 is 0 Å². The van der Waals surface area contributed by atoms with Crippen LogP contribution in [0.1, 0.15) is 35.6 Å². The summed E-state index contributed by atoms with van der Waals surface area (Å²) in [6, 6.07) is 4.52. The van der Waals surface area contributed by atoms with Gasteiger partial charge in [0, 0.05) is 30.2 Å². The number of hydrogen-bond donors (Lipinski definition) is 1. The lowest BCUT2D eigenvalue weighted by atomic mass is 9.91. The summed E-state index contributed by atoms with van der Waals surface area (Å²) in [5.74, 6) is 0.712. The molecule has 0 saturated heterocycles. The van der Waals surface area contributed by atoms with Gasteiger partial charge in [-0.3, -0.25) is 0 Å². The van der Waals surface area contributed by atoms with Gasteiger partial charge in [-0.1, -0.05) is 6.07 Å². The third-order valence-corrected chi connectivity index (χ3v) is 4.06. The minimum Gasteiger partial charge on any atom is -0.481 e. The largest absolute Gasteiger partial charge is 0.481 e. The van der Waals surface area contributed by atoms with Crippen LogP contribution >= 0.6 is 0 Å². The van der Waals surface area contributed by atoms with E-state index in [1.807, 2.05) is 13.1 Å². The van der Waals surface area contributed by atoms with Crippen molar-refractivity contribution < 1.29 is 4.74 Å². The first-order chi connectivity index (χ1) is 9.81. The van der Waals surface area contributed by atoms with Crippen molar-refractivity contribution in [1.82, 2.24) is 14.9 Å². The molecular formula is C16H21N3O. The SMILES string of the molecule is CNC1CCCc2cn(Cc3cccnc3OC)cc21. The highest BCUT2D eigenvalue weighted by atomic mass is 16.5. The maximum Gasteiger partial charge on any atom is 0.218 e. The number of pyridine rings is 1. The molecule has 2 aromatic heterocycles. The molecule has 1 aliphatic rings. The van der Waals surface area contributed by atoms with E-state index in [0.717, 1.165) is 12.1 Å². The molecule has 4 heteroatoms. The van der Waals surface area contributed by atoms with E-state index in [1.165, 1.54) is 30.4 Å². The quantitative estimate of drug-likeness (QED) is 0.929. The van der Waals surface area contributed by atoms with Crippen molar-refractivity contribution in [3.8, 4) is 5.88 Å². The fourth-order valence-electron chi connectivity index (χ4n) is 3.06. The maximum atomic E-state index is 5.33. The molecule has 2 heterocycles. The van der Waals surface area contributed by atoms with Crippen LogP contribution in [-0.2, 0) is 13.0 Å². The zero-order valence-electron chi connectivity index (χ0n) is 12.1. The summed E-state index contributed by atoms with van der Waals surface area (Å²) < 4.78 is 7.57. The number of aryl methyl sites for hydroxylation is 1. The van der Waals surface area contributed by atoms with Gasteiger partial charge in [0.25, 0.3) is 0 Å². The predicted molar refractivity (Wildman–Crippen MR) is 79.1 cm³/mol. The lowest BCUT2D eigenvalue weighted by molar-refractivity contribution is 0.391. The summed E-state index contributed by atoms with van der Waals surface area (Å²) in [6.07, 6.45) is 9.97. The molecule has 1 unspecified atom stereocenters. The minimum atomic E-state index is 0.496. The van der Waals surface area contributed by atoms with Crippen LogP contribution in [0.5, 0.6) is 5.88 Å².